The van der Waals surface area contributed by atoms with Crippen LogP contribution in [-0.4, -0.2) is 16.4 Å². The van der Waals surface area contributed by atoms with Gasteiger partial charge in [0.25, 0.3) is 5.91 Å². The topological polar surface area (TPSA) is 51.1 Å². The number of nitrogens with one attached hydrogen (secondary N) is 1. The van der Waals surface area contributed by atoms with Gasteiger partial charge in [0.2, 0.25) is 5.91 Å². The number of rotatable bonds is 2. The number of aromatic nitrogens is 1. The van der Waals surface area contributed by atoms with Gasteiger partial charge in [0.15, 0.2) is 0 Å². The van der Waals surface area contributed by atoms with Gasteiger partial charge in [-0.15, -0.1) is 0 Å². The Balaban J connectivity index is 2.05. The second kappa shape index (κ2) is 6.07. The van der Waals surface area contributed by atoms with Crippen molar-refractivity contribution >= 4 is 51.6 Å². The molecule has 0 radical (unpaired) electrons. The van der Waals surface area contributed by atoms with Crippen molar-refractivity contribution in [1.29, 1.82) is 0 Å². The number of benzene rings is 2. The first-order valence-corrected chi connectivity index (χ1v) is 7.61. The van der Waals surface area contributed by atoms with Crippen molar-refractivity contribution in [3.63, 3.8) is 0 Å². The first-order valence-electron chi connectivity index (χ1n) is 6.85. The Morgan fingerprint density at radius 3 is 2.52 bits per heavy atom. The monoisotopic (exact) mass is 346 g/mol. The van der Waals surface area contributed by atoms with Crippen molar-refractivity contribution < 1.29 is 9.59 Å². The minimum atomic E-state index is -0.356. The molecule has 3 aromatic rings. The number of anilines is 1. The van der Waals surface area contributed by atoms with Crippen LogP contribution in [0.3, 0.4) is 0 Å². The molecule has 1 N–H and O–H groups in total. The summed E-state index contributed by atoms with van der Waals surface area (Å²) in [5, 5.41) is 4.06. The minimum Gasteiger partial charge on any atom is -0.321 e. The quantitative estimate of drug-likeness (QED) is 0.720. The lowest BCUT2D eigenvalue weighted by Gasteiger charge is -2.07. The third kappa shape index (κ3) is 2.83. The molecule has 2 aromatic carbocycles. The fourth-order valence-corrected chi connectivity index (χ4v) is 2.76. The maximum atomic E-state index is 12.6. The van der Waals surface area contributed by atoms with E-state index in [1.54, 1.807) is 30.3 Å². The van der Waals surface area contributed by atoms with E-state index in [4.69, 9.17) is 23.2 Å². The van der Waals surface area contributed by atoms with Gasteiger partial charge in [-0.05, 0) is 18.2 Å². The summed E-state index contributed by atoms with van der Waals surface area (Å²) in [7, 11) is 0. The van der Waals surface area contributed by atoms with E-state index in [9.17, 15) is 9.59 Å². The Morgan fingerprint density at radius 1 is 1.04 bits per heavy atom. The van der Waals surface area contributed by atoms with Gasteiger partial charge in [0.05, 0.1) is 26.8 Å². The highest BCUT2D eigenvalue weighted by molar-refractivity contribution is 6.44. The molecule has 0 fully saturated rings. The van der Waals surface area contributed by atoms with Crippen LogP contribution >= 0.6 is 23.2 Å². The van der Waals surface area contributed by atoms with Crippen molar-refractivity contribution in [2.24, 2.45) is 0 Å². The molecule has 116 valence electrons. The third-order valence-electron chi connectivity index (χ3n) is 3.50. The van der Waals surface area contributed by atoms with Gasteiger partial charge < -0.3 is 5.32 Å². The lowest BCUT2D eigenvalue weighted by atomic mass is 10.1. The van der Waals surface area contributed by atoms with Crippen LogP contribution in [0.15, 0.2) is 48.7 Å². The highest BCUT2D eigenvalue weighted by Gasteiger charge is 2.17. The fourth-order valence-electron chi connectivity index (χ4n) is 2.41. The zero-order chi connectivity index (χ0) is 16.6. The second-order valence-corrected chi connectivity index (χ2v) is 5.79. The van der Waals surface area contributed by atoms with Gasteiger partial charge in [0.1, 0.15) is 0 Å². The van der Waals surface area contributed by atoms with Crippen LogP contribution in [0.5, 0.6) is 0 Å². The molecule has 0 saturated carbocycles. The number of hydrogen-bond acceptors (Lipinski definition) is 2. The molecule has 0 saturated heterocycles. The number of carbonyl (C=O) groups is 2. The van der Waals surface area contributed by atoms with Crippen LogP contribution in [-0.2, 0) is 0 Å². The number of carbonyl (C=O) groups excluding carboxylic acids is 2. The van der Waals surface area contributed by atoms with Crippen LogP contribution < -0.4 is 5.32 Å². The van der Waals surface area contributed by atoms with Crippen molar-refractivity contribution in [2.45, 2.75) is 6.92 Å². The zero-order valence-corrected chi connectivity index (χ0v) is 13.7. The van der Waals surface area contributed by atoms with Gasteiger partial charge in [-0.1, -0.05) is 47.5 Å². The Hall–Kier alpha value is -2.30. The van der Waals surface area contributed by atoms with Crippen molar-refractivity contribution in [1.82, 2.24) is 4.57 Å². The van der Waals surface area contributed by atoms with Crippen LogP contribution in [0, 0.1) is 0 Å². The van der Waals surface area contributed by atoms with Gasteiger partial charge >= 0.3 is 0 Å². The Kier molecular flexibility index (Phi) is 4.11. The summed E-state index contributed by atoms with van der Waals surface area (Å²) in [5.74, 6) is -0.522. The maximum absolute atomic E-state index is 12.6. The van der Waals surface area contributed by atoms with E-state index in [1.165, 1.54) is 17.7 Å². The largest absolute Gasteiger partial charge is 0.321 e. The first-order chi connectivity index (χ1) is 11.0. The molecule has 0 aliphatic rings. The lowest BCUT2D eigenvalue weighted by molar-refractivity contribution is 0.0941. The molecule has 0 unspecified atom stereocenters. The van der Waals surface area contributed by atoms with E-state index in [0.29, 0.717) is 27.2 Å². The molecule has 3 rings (SSSR count). The molecule has 4 nitrogen and oxygen atoms in total. The van der Waals surface area contributed by atoms with Crippen molar-refractivity contribution in [3.8, 4) is 0 Å². The molecule has 1 aromatic heterocycles. The molecule has 6 heteroatoms. The first kappa shape index (κ1) is 15.6. The molecular formula is C17H12Cl2N2O2. The lowest BCUT2D eigenvalue weighted by Crippen LogP contribution is -2.12. The minimum absolute atomic E-state index is 0.166. The van der Waals surface area contributed by atoms with E-state index in [1.807, 2.05) is 12.1 Å². The van der Waals surface area contributed by atoms with E-state index in [2.05, 4.69) is 5.32 Å². The van der Waals surface area contributed by atoms with E-state index in [0.717, 1.165) is 0 Å². The third-order valence-corrected chi connectivity index (χ3v) is 4.31. The maximum Gasteiger partial charge on any atom is 0.257 e. The van der Waals surface area contributed by atoms with Gasteiger partial charge in [-0.25, -0.2) is 0 Å². The number of nitrogens with zero attached hydrogens (tertiary/aromatic N) is 1. The predicted octanol–water partition coefficient (Wildman–Crippen LogP) is 4.86. The van der Waals surface area contributed by atoms with Crippen LogP contribution in [0.4, 0.5) is 5.69 Å². The molecule has 23 heavy (non-hydrogen) atoms. The highest BCUT2D eigenvalue weighted by Crippen LogP contribution is 2.30. The smallest absolute Gasteiger partial charge is 0.257 e. The zero-order valence-electron chi connectivity index (χ0n) is 12.1. The summed E-state index contributed by atoms with van der Waals surface area (Å²) >= 11 is 12.0. The molecule has 1 heterocycles. The Labute approximate surface area is 142 Å². The molecular weight excluding hydrogens is 335 g/mol. The van der Waals surface area contributed by atoms with Crippen molar-refractivity contribution in [2.75, 3.05) is 5.32 Å². The molecule has 0 spiro atoms. The summed E-state index contributed by atoms with van der Waals surface area (Å²) in [6, 6.07) is 12.2. The molecule has 0 aliphatic heterocycles. The molecule has 0 aliphatic carbocycles. The molecule has 1 amide bonds. The number of para-hydroxylation sites is 1. The summed E-state index contributed by atoms with van der Waals surface area (Å²) < 4.78 is 1.45. The second-order valence-electron chi connectivity index (χ2n) is 5.00. The van der Waals surface area contributed by atoms with Gasteiger partial charge in [-0.2, -0.15) is 0 Å². The summed E-state index contributed by atoms with van der Waals surface area (Å²) in [4.78, 5) is 24.3. The summed E-state index contributed by atoms with van der Waals surface area (Å²) in [6.07, 6.45) is 1.53. The number of hydrogen-bond donors (Lipinski definition) is 1. The Bertz CT molecular complexity index is 931. The highest BCUT2D eigenvalue weighted by atomic mass is 35.5. The summed E-state index contributed by atoms with van der Waals surface area (Å²) in [5.41, 5.74) is 1.50. The van der Waals surface area contributed by atoms with Crippen LogP contribution in [0.25, 0.3) is 10.9 Å². The summed E-state index contributed by atoms with van der Waals surface area (Å²) in [6.45, 7) is 1.45. The standard InChI is InChI=1S/C17H12Cl2N2O2/c1-10(22)21-9-12(11-5-2-3-8-15(11)21)17(23)20-14-7-4-6-13(18)16(14)19/h2-9H,1H3,(H,20,23). The Morgan fingerprint density at radius 2 is 1.78 bits per heavy atom. The van der Waals surface area contributed by atoms with Crippen LogP contribution in [0.2, 0.25) is 10.0 Å². The van der Waals surface area contributed by atoms with Crippen molar-refractivity contribution in [3.05, 3.63) is 64.3 Å². The predicted molar refractivity (Wildman–Crippen MR) is 92.7 cm³/mol. The number of halogens is 2. The molecule has 0 atom stereocenters. The van der Waals surface area contributed by atoms with E-state index >= 15 is 0 Å². The SMILES string of the molecule is CC(=O)n1cc(C(=O)Nc2cccc(Cl)c2Cl)c2ccccc21. The molecule has 0 bridgehead atoms. The van der Waals surface area contributed by atoms with E-state index < -0.39 is 0 Å². The number of amides is 1. The average Bonchev–Trinajstić information content (AvgIpc) is 2.92. The fraction of sp³-hybridized carbons (Fsp3) is 0.0588. The van der Waals surface area contributed by atoms with Crippen LogP contribution in [0.1, 0.15) is 22.1 Å². The normalized spacial score (nSPS) is 10.7. The average molecular weight is 347 g/mol. The van der Waals surface area contributed by atoms with Gasteiger partial charge in [0, 0.05) is 18.5 Å². The number of fused-ring (bicyclic) bond motifs is 1. The van der Waals surface area contributed by atoms with Gasteiger partial charge in [-0.3, -0.25) is 14.2 Å². The van der Waals surface area contributed by atoms with E-state index in [-0.39, 0.29) is 16.8 Å².